The molecule has 1 aromatic heterocycles. The Balaban J connectivity index is 1.78. The molecule has 22 heavy (non-hydrogen) atoms. The Morgan fingerprint density at radius 3 is 2.86 bits per heavy atom. The van der Waals surface area contributed by atoms with Crippen molar-refractivity contribution in [2.75, 3.05) is 19.6 Å². The van der Waals surface area contributed by atoms with Crippen molar-refractivity contribution in [3.8, 4) is 10.4 Å². The summed E-state index contributed by atoms with van der Waals surface area (Å²) in [4.78, 5) is 16.4. The molecule has 1 saturated heterocycles. The van der Waals surface area contributed by atoms with Crippen molar-refractivity contribution in [2.24, 2.45) is 17.6 Å². The summed E-state index contributed by atoms with van der Waals surface area (Å²) in [6, 6.07) is 11.6. The molecule has 1 amide bonds. The molecule has 3 nitrogen and oxygen atoms in total. The second-order valence-corrected chi connectivity index (χ2v) is 7.38. The van der Waals surface area contributed by atoms with Gasteiger partial charge in [0.2, 0.25) is 0 Å². The van der Waals surface area contributed by atoms with Crippen LogP contribution >= 0.6 is 22.9 Å². The van der Waals surface area contributed by atoms with Crippen molar-refractivity contribution in [3.05, 3.63) is 46.3 Å². The monoisotopic (exact) mass is 334 g/mol. The number of hydrogen-bond acceptors (Lipinski definition) is 3. The van der Waals surface area contributed by atoms with Crippen LogP contribution in [0.25, 0.3) is 10.4 Å². The third-order valence-electron chi connectivity index (χ3n) is 4.28. The van der Waals surface area contributed by atoms with Gasteiger partial charge in [-0.1, -0.05) is 30.7 Å². The predicted molar refractivity (Wildman–Crippen MR) is 92.4 cm³/mol. The third kappa shape index (κ3) is 3.05. The fraction of sp³-hybridized carbons (Fsp3) is 0.353. The highest BCUT2D eigenvalue weighted by Crippen LogP contribution is 2.32. The molecule has 0 radical (unpaired) electrons. The zero-order valence-electron chi connectivity index (χ0n) is 12.5. The molecular formula is C17H19ClN2OS. The van der Waals surface area contributed by atoms with Crippen molar-refractivity contribution in [1.82, 2.24) is 4.90 Å². The van der Waals surface area contributed by atoms with Gasteiger partial charge in [0, 0.05) is 23.0 Å². The van der Waals surface area contributed by atoms with Crippen LogP contribution in [0.15, 0.2) is 36.4 Å². The van der Waals surface area contributed by atoms with E-state index in [0.29, 0.717) is 23.4 Å². The summed E-state index contributed by atoms with van der Waals surface area (Å²) in [6.45, 7) is 4.37. The smallest absolute Gasteiger partial charge is 0.263 e. The van der Waals surface area contributed by atoms with Crippen molar-refractivity contribution in [1.29, 1.82) is 0 Å². The van der Waals surface area contributed by atoms with E-state index in [1.807, 2.05) is 41.3 Å². The normalized spacial score (nSPS) is 21.3. The highest BCUT2D eigenvalue weighted by Gasteiger charge is 2.32. The molecule has 1 aromatic carbocycles. The van der Waals surface area contributed by atoms with E-state index in [9.17, 15) is 4.79 Å². The summed E-state index contributed by atoms with van der Waals surface area (Å²) in [5.41, 5.74) is 6.82. The van der Waals surface area contributed by atoms with Gasteiger partial charge in [0.05, 0.1) is 4.88 Å². The highest BCUT2D eigenvalue weighted by molar-refractivity contribution is 7.17. The largest absolute Gasteiger partial charge is 0.337 e. The summed E-state index contributed by atoms with van der Waals surface area (Å²) >= 11 is 7.55. The van der Waals surface area contributed by atoms with Gasteiger partial charge in [0.1, 0.15) is 0 Å². The van der Waals surface area contributed by atoms with Crippen molar-refractivity contribution in [3.63, 3.8) is 0 Å². The first-order chi connectivity index (χ1) is 10.6. The van der Waals surface area contributed by atoms with Crippen molar-refractivity contribution in [2.45, 2.75) is 6.92 Å². The summed E-state index contributed by atoms with van der Waals surface area (Å²) < 4.78 is 0. The molecule has 1 fully saturated rings. The molecule has 2 heterocycles. The second kappa shape index (κ2) is 6.41. The number of thiophene rings is 1. The number of likely N-dealkylation sites (tertiary alicyclic amines) is 1. The zero-order valence-corrected chi connectivity index (χ0v) is 14.0. The lowest BCUT2D eigenvalue weighted by atomic mass is 9.99. The van der Waals surface area contributed by atoms with E-state index in [0.717, 1.165) is 28.4 Å². The average molecular weight is 335 g/mol. The van der Waals surface area contributed by atoms with Gasteiger partial charge in [0.15, 0.2) is 0 Å². The van der Waals surface area contributed by atoms with Crippen molar-refractivity contribution < 1.29 is 4.79 Å². The molecule has 0 bridgehead atoms. The summed E-state index contributed by atoms with van der Waals surface area (Å²) in [5.74, 6) is 0.999. The van der Waals surface area contributed by atoms with E-state index in [1.165, 1.54) is 11.3 Å². The Labute approximate surface area is 139 Å². The fourth-order valence-corrected chi connectivity index (χ4v) is 4.07. The van der Waals surface area contributed by atoms with Crippen molar-refractivity contribution >= 4 is 28.8 Å². The predicted octanol–water partition coefficient (Wildman–Crippen LogP) is 3.74. The van der Waals surface area contributed by atoms with Gasteiger partial charge in [-0.3, -0.25) is 4.79 Å². The van der Waals surface area contributed by atoms with Gasteiger partial charge in [-0.15, -0.1) is 11.3 Å². The van der Waals surface area contributed by atoms with E-state index in [1.54, 1.807) is 0 Å². The Kier molecular flexibility index (Phi) is 4.52. The van der Waals surface area contributed by atoms with Crippen LogP contribution in [-0.2, 0) is 0 Å². The van der Waals surface area contributed by atoms with E-state index in [4.69, 9.17) is 17.3 Å². The molecule has 0 unspecified atom stereocenters. The molecule has 2 aromatic rings. The lowest BCUT2D eigenvalue weighted by Gasteiger charge is -2.14. The van der Waals surface area contributed by atoms with Gasteiger partial charge in [-0.2, -0.15) is 0 Å². The Morgan fingerprint density at radius 2 is 2.18 bits per heavy atom. The SMILES string of the molecule is C[C@@H]1CN(C(=O)c2ccc(-c3cccc(Cl)c3)s2)C[C@H]1CN. The number of halogens is 1. The van der Waals surface area contributed by atoms with Crippen LogP contribution in [-0.4, -0.2) is 30.4 Å². The first-order valence-corrected chi connectivity index (χ1v) is 8.63. The fourth-order valence-electron chi connectivity index (χ4n) is 2.91. The molecule has 5 heteroatoms. The number of amides is 1. The van der Waals surface area contributed by atoms with Gasteiger partial charge >= 0.3 is 0 Å². The zero-order chi connectivity index (χ0) is 15.7. The quantitative estimate of drug-likeness (QED) is 0.929. The van der Waals surface area contributed by atoms with Gasteiger partial charge in [0.25, 0.3) is 5.91 Å². The molecule has 0 spiro atoms. The number of carbonyl (C=O) groups excluding carboxylic acids is 1. The minimum absolute atomic E-state index is 0.112. The molecule has 0 saturated carbocycles. The third-order valence-corrected chi connectivity index (χ3v) is 5.64. The minimum atomic E-state index is 0.112. The average Bonchev–Trinajstić information content (AvgIpc) is 3.13. The first-order valence-electron chi connectivity index (χ1n) is 7.43. The lowest BCUT2D eigenvalue weighted by molar-refractivity contribution is 0.0789. The van der Waals surface area contributed by atoms with Crippen LogP contribution in [0.1, 0.15) is 16.6 Å². The summed E-state index contributed by atoms with van der Waals surface area (Å²) in [6.07, 6.45) is 0. The molecule has 0 aliphatic carbocycles. The molecule has 116 valence electrons. The molecule has 1 aliphatic rings. The molecule has 3 rings (SSSR count). The number of nitrogens with two attached hydrogens (primary N) is 1. The maximum absolute atomic E-state index is 12.6. The maximum Gasteiger partial charge on any atom is 0.263 e. The molecule has 2 atom stereocenters. The van der Waals surface area contributed by atoms with Crippen LogP contribution in [0.2, 0.25) is 5.02 Å². The number of carbonyl (C=O) groups is 1. The van der Waals surface area contributed by atoms with E-state index >= 15 is 0 Å². The Bertz CT molecular complexity index is 685. The molecular weight excluding hydrogens is 316 g/mol. The van der Waals surface area contributed by atoms with E-state index in [2.05, 4.69) is 6.92 Å². The second-order valence-electron chi connectivity index (χ2n) is 5.86. The topological polar surface area (TPSA) is 46.3 Å². The van der Waals surface area contributed by atoms with E-state index < -0.39 is 0 Å². The van der Waals surface area contributed by atoms with Crippen LogP contribution in [0, 0.1) is 11.8 Å². The summed E-state index contributed by atoms with van der Waals surface area (Å²) in [7, 11) is 0. The standard InChI is InChI=1S/C17H19ClN2OS/c1-11-9-20(10-13(11)8-19)17(21)16-6-5-15(22-16)12-3-2-4-14(18)7-12/h2-7,11,13H,8-10,19H2,1H3/t11-,13-/m1/s1. The minimum Gasteiger partial charge on any atom is -0.337 e. The summed E-state index contributed by atoms with van der Waals surface area (Å²) in [5, 5.41) is 0.706. The maximum atomic E-state index is 12.6. The van der Waals surface area contributed by atoms with E-state index in [-0.39, 0.29) is 5.91 Å². The number of benzene rings is 1. The molecule has 2 N–H and O–H groups in total. The van der Waals surface area contributed by atoms with Crippen LogP contribution < -0.4 is 5.73 Å². The number of nitrogens with zero attached hydrogens (tertiary/aromatic N) is 1. The van der Waals surface area contributed by atoms with Gasteiger partial charge in [-0.05, 0) is 48.2 Å². The number of hydrogen-bond donors (Lipinski definition) is 1. The first kappa shape index (κ1) is 15.5. The van der Waals surface area contributed by atoms with Crippen LogP contribution in [0.5, 0.6) is 0 Å². The number of rotatable bonds is 3. The van der Waals surface area contributed by atoms with Gasteiger partial charge in [-0.25, -0.2) is 0 Å². The Morgan fingerprint density at radius 1 is 1.36 bits per heavy atom. The highest BCUT2D eigenvalue weighted by atomic mass is 35.5. The molecule has 1 aliphatic heterocycles. The van der Waals surface area contributed by atoms with Crippen LogP contribution in [0.3, 0.4) is 0 Å². The lowest BCUT2D eigenvalue weighted by Crippen LogP contribution is -2.29. The Hall–Kier alpha value is -1.36. The van der Waals surface area contributed by atoms with Gasteiger partial charge < -0.3 is 10.6 Å². The van der Waals surface area contributed by atoms with Crippen LogP contribution in [0.4, 0.5) is 0 Å².